The molecule has 6 rings (SSSR count). The van der Waals surface area contributed by atoms with Gasteiger partial charge in [0.05, 0.1) is 6.04 Å². The number of hydrogen-bond donors (Lipinski definition) is 1. The number of aromatic nitrogens is 1. The topological polar surface area (TPSA) is 59.7 Å². The minimum Gasteiger partial charge on any atom is -0.368 e. The van der Waals surface area contributed by atoms with Crippen LogP contribution >= 0.6 is 0 Å². The van der Waals surface area contributed by atoms with E-state index in [1.807, 2.05) is 64.4 Å². The second-order valence-corrected chi connectivity index (χ2v) is 9.65. The molecule has 1 saturated heterocycles. The molecule has 0 spiro atoms. The third-order valence-electron chi connectivity index (χ3n) is 7.60. The summed E-state index contributed by atoms with van der Waals surface area (Å²) in [5.74, 6) is 0.114. The number of nitrogens with one attached hydrogen (secondary N) is 1. The second kappa shape index (κ2) is 9.19. The van der Waals surface area contributed by atoms with Crippen molar-refractivity contribution in [3.8, 4) is 0 Å². The van der Waals surface area contributed by atoms with Crippen molar-refractivity contribution < 1.29 is 9.59 Å². The Morgan fingerprint density at radius 2 is 1.58 bits per heavy atom. The summed E-state index contributed by atoms with van der Waals surface area (Å²) >= 11 is 0. The first-order valence-corrected chi connectivity index (χ1v) is 12.7. The first-order chi connectivity index (χ1) is 17.6. The fourth-order valence-corrected chi connectivity index (χ4v) is 5.79. The van der Waals surface area contributed by atoms with Gasteiger partial charge in [-0.3, -0.25) is 9.59 Å². The standard InChI is InChI=1S/C30H30N4O2/c1-21-28(25-13-7-8-14-26(25)31-21)29-23-11-5-6-12-24(23)30(36)34(29)16-15-27(35)33-19-17-32(18-20-33)22-9-3-2-4-10-22/h2-14,29,31H,15-20H2,1H3. The number of carbonyl (C=O) groups is 2. The van der Waals surface area contributed by atoms with E-state index in [1.165, 1.54) is 5.69 Å². The molecule has 1 atom stereocenters. The lowest BCUT2D eigenvalue weighted by Gasteiger charge is -2.36. The van der Waals surface area contributed by atoms with E-state index in [0.29, 0.717) is 26.1 Å². The molecule has 3 heterocycles. The van der Waals surface area contributed by atoms with Crippen molar-refractivity contribution in [3.63, 3.8) is 0 Å². The van der Waals surface area contributed by atoms with Crippen LogP contribution in [-0.4, -0.2) is 59.3 Å². The van der Waals surface area contributed by atoms with Crippen LogP contribution in [0.5, 0.6) is 0 Å². The van der Waals surface area contributed by atoms with Crippen molar-refractivity contribution in [2.24, 2.45) is 0 Å². The van der Waals surface area contributed by atoms with Crippen LogP contribution < -0.4 is 4.90 Å². The minimum atomic E-state index is -0.201. The van der Waals surface area contributed by atoms with Crippen LogP contribution in [0.15, 0.2) is 78.9 Å². The van der Waals surface area contributed by atoms with Gasteiger partial charge in [-0.2, -0.15) is 0 Å². The van der Waals surface area contributed by atoms with E-state index in [1.54, 1.807) is 0 Å². The first kappa shape index (κ1) is 22.4. The Hall–Kier alpha value is -4.06. The van der Waals surface area contributed by atoms with Crippen LogP contribution in [-0.2, 0) is 4.79 Å². The summed E-state index contributed by atoms with van der Waals surface area (Å²) in [4.78, 5) is 36.4. The van der Waals surface area contributed by atoms with E-state index in [-0.39, 0.29) is 17.9 Å². The Morgan fingerprint density at radius 1 is 0.889 bits per heavy atom. The lowest BCUT2D eigenvalue weighted by molar-refractivity contribution is -0.131. The van der Waals surface area contributed by atoms with Crippen molar-refractivity contribution in [1.29, 1.82) is 0 Å². The Bertz CT molecular complexity index is 1420. The zero-order valence-electron chi connectivity index (χ0n) is 20.5. The fraction of sp³-hybridized carbons (Fsp3) is 0.267. The molecule has 1 aromatic heterocycles. The highest BCUT2D eigenvalue weighted by Gasteiger charge is 2.39. The van der Waals surface area contributed by atoms with Gasteiger partial charge in [0.15, 0.2) is 0 Å². The van der Waals surface area contributed by atoms with Gasteiger partial charge in [-0.1, -0.05) is 54.6 Å². The minimum absolute atomic E-state index is 0.00183. The van der Waals surface area contributed by atoms with Crippen LogP contribution in [0.3, 0.4) is 0 Å². The van der Waals surface area contributed by atoms with Gasteiger partial charge in [0.1, 0.15) is 0 Å². The Morgan fingerprint density at radius 3 is 2.39 bits per heavy atom. The number of anilines is 1. The molecule has 6 heteroatoms. The summed E-state index contributed by atoms with van der Waals surface area (Å²) in [5, 5.41) is 1.12. The maximum Gasteiger partial charge on any atom is 0.255 e. The molecule has 36 heavy (non-hydrogen) atoms. The fourth-order valence-electron chi connectivity index (χ4n) is 5.79. The maximum absolute atomic E-state index is 13.5. The molecule has 1 unspecified atom stereocenters. The SMILES string of the molecule is Cc1[nH]c2ccccc2c1C1c2ccccc2C(=O)N1CCC(=O)N1CCN(c2ccccc2)CC1. The Balaban J connectivity index is 1.21. The number of rotatable bonds is 5. The monoisotopic (exact) mass is 478 g/mol. The average Bonchev–Trinajstić information content (AvgIpc) is 3.40. The number of aromatic amines is 1. The number of carbonyl (C=O) groups excluding carboxylic acids is 2. The molecular formula is C30H30N4O2. The Kier molecular flexibility index (Phi) is 5.72. The van der Waals surface area contributed by atoms with E-state index in [4.69, 9.17) is 0 Å². The van der Waals surface area contributed by atoms with Gasteiger partial charge in [0.2, 0.25) is 5.91 Å². The average molecular weight is 479 g/mol. The van der Waals surface area contributed by atoms with Crippen molar-refractivity contribution in [2.75, 3.05) is 37.6 Å². The largest absolute Gasteiger partial charge is 0.368 e. The van der Waals surface area contributed by atoms with Crippen LogP contribution in [0.1, 0.15) is 39.6 Å². The zero-order valence-corrected chi connectivity index (χ0v) is 20.5. The highest BCUT2D eigenvalue weighted by molar-refractivity contribution is 6.01. The molecule has 0 aliphatic carbocycles. The molecular weight excluding hydrogens is 448 g/mol. The number of H-pyrrole nitrogens is 1. The smallest absolute Gasteiger partial charge is 0.255 e. The molecule has 6 nitrogen and oxygen atoms in total. The van der Waals surface area contributed by atoms with Crippen LogP contribution in [0, 0.1) is 6.92 Å². The van der Waals surface area contributed by atoms with Crippen molar-refractivity contribution in [3.05, 3.63) is 101 Å². The summed E-state index contributed by atoms with van der Waals surface area (Å²) < 4.78 is 0. The number of para-hydroxylation sites is 2. The van der Waals surface area contributed by atoms with Gasteiger partial charge in [0, 0.05) is 72.6 Å². The molecule has 1 fully saturated rings. The van der Waals surface area contributed by atoms with E-state index in [9.17, 15) is 9.59 Å². The Labute approximate surface area is 211 Å². The normalized spacial score (nSPS) is 17.6. The van der Waals surface area contributed by atoms with Gasteiger partial charge >= 0.3 is 0 Å². The summed E-state index contributed by atoms with van der Waals surface area (Å²) in [5.41, 5.74) is 6.18. The molecule has 0 saturated carbocycles. The summed E-state index contributed by atoms with van der Waals surface area (Å²) in [6.07, 6.45) is 0.322. The van der Waals surface area contributed by atoms with E-state index >= 15 is 0 Å². The molecule has 1 N–H and O–H groups in total. The van der Waals surface area contributed by atoms with E-state index in [2.05, 4.69) is 41.1 Å². The number of nitrogens with zero attached hydrogens (tertiary/aromatic N) is 3. The van der Waals surface area contributed by atoms with Crippen LogP contribution in [0.25, 0.3) is 10.9 Å². The van der Waals surface area contributed by atoms with E-state index in [0.717, 1.165) is 46.4 Å². The number of aryl methyl sites for hydroxylation is 1. The van der Waals surface area contributed by atoms with Gasteiger partial charge < -0.3 is 19.7 Å². The lowest BCUT2D eigenvalue weighted by atomic mass is 9.95. The number of hydrogen-bond acceptors (Lipinski definition) is 3. The molecule has 3 aromatic carbocycles. The number of benzene rings is 3. The van der Waals surface area contributed by atoms with Crippen LogP contribution in [0.2, 0.25) is 0 Å². The quantitative estimate of drug-likeness (QED) is 0.450. The second-order valence-electron chi connectivity index (χ2n) is 9.65. The van der Waals surface area contributed by atoms with Crippen LogP contribution in [0.4, 0.5) is 5.69 Å². The van der Waals surface area contributed by atoms with E-state index < -0.39 is 0 Å². The van der Waals surface area contributed by atoms with Crippen molar-refractivity contribution >= 4 is 28.4 Å². The summed E-state index contributed by atoms with van der Waals surface area (Å²) in [6.45, 7) is 5.51. The van der Waals surface area contributed by atoms with Gasteiger partial charge in [-0.05, 0) is 36.8 Å². The number of fused-ring (bicyclic) bond motifs is 2. The lowest BCUT2D eigenvalue weighted by Crippen LogP contribution is -2.49. The van der Waals surface area contributed by atoms with Gasteiger partial charge in [0.25, 0.3) is 5.91 Å². The summed E-state index contributed by atoms with van der Waals surface area (Å²) in [6, 6.07) is 26.2. The van der Waals surface area contributed by atoms with Crippen molar-refractivity contribution in [2.45, 2.75) is 19.4 Å². The summed E-state index contributed by atoms with van der Waals surface area (Å²) in [7, 11) is 0. The molecule has 0 radical (unpaired) electrons. The predicted molar refractivity (Wildman–Crippen MR) is 142 cm³/mol. The molecule has 0 bridgehead atoms. The van der Waals surface area contributed by atoms with Gasteiger partial charge in [-0.15, -0.1) is 0 Å². The highest BCUT2D eigenvalue weighted by atomic mass is 16.2. The first-order valence-electron chi connectivity index (χ1n) is 12.7. The molecule has 4 aromatic rings. The molecule has 182 valence electrons. The predicted octanol–water partition coefficient (Wildman–Crippen LogP) is 4.76. The highest BCUT2D eigenvalue weighted by Crippen LogP contribution is 2.42. The maximum atomic E-state index is 13.5. The third-order valence-corrected chi connectivity index (χ3v) is 7.60. The number of amides is 2. The van der Waals surface area contributed by atoms with Crippen molar-refractivity contribution in [1.82, 2.24) is 14.8 Å². The molecule has 2 amide bonds. The third kappa shape index (κ3) is 3.83. The zero-order chi connectivity index (χ0) is 24.6. The van der Waals surface area contributed by atoms with Gasteiger partial charge in [-0.25, -0.2) is 0 Å². The molecule has 2 aliphatic heterocycles. The molecule has 2 aliphatic rings. The number of piperazine rings is 1.